The molecule has 146 valence electrons. The van der Waals surface area contributed by atoms with Gasteiger partial charge in [0.1, 0.15) is 11.3 Å². The summed E-state index contributed by atoms with van der Waals surface area (Å²) in [5.41, 5.74) is -0.444. The van der Waals surface area contributed by atoms with E-state index in [2.05, 4.69) is 9.69 Å². The first kappa shape index (κ1) is 20.8. The summed E-state index contributed by atoms with van der Waals surface area (Å²) in [5.74, 6) is -0.886. The van der Waals surface area contributed by atoms with Crippen LogP contribution in [0.3, 0.4) is 0 Å². The second-order valence-corrected chi connectivity index (χ2v) is 10.2. The van der Waals surface area contributed by atoms with E-state index in [0.717, 1.165) is 12.5 Å². The number of hydrogen-bond acceptors (Lipinski definition) is 9. The van der Waals surface area contributed by atoms with Crippen molar-refractivity contribution in [3.63, 3.8) is 0 Å². The number of urea groups is 1. The van der Waals surface area contributed by atoms with Gasteiger partial charge in [0.25, 0.3) is 5.91 Å². The summed E-state index contributed by atoms with van der Waals surface area (Å²) in [5, 5.41) is 3.55. The fourth-order valence-corrected chi connectivity index (χ4v) is 5.12. The number of aromatic nitrogens is 1. The second kappa shape index (κ2) is 7.62. The van der Waals surface area contributed by atoms with Crippen LogP contribution in [0, 0.1) is 0 Å². The van der Waals surface area contributed by atoms with E-state index in [9.17, 15) is 26.4 Å². The van der Waals surface area contributed by atoms with Gasteiger partial charge in [-0.2, -0.15) is 4.37 Å². The summed E-state index contributed by atoms with van der Waals surface area (Å²) in [7, 11) is -6.56. The zero-order valence-corrected chi connectivity index (χ0v) is 16.8. The maximum atomic E-state index is 12.4. The van der Waals surface area contributed by atoms with Crippen molar-refractivity contribution >= 4 is 48.8 Å². The molecule has 0 saturated carbocycles. The van der Waals surface area contributed by atoms with Crippen molar-refractivity contribution in [1.29, 1.82) is 0 Å². The third-order valence-electron chi connectivity index (χ3n) is 3.13. The number of imide groups is 1. The monoisotopic (exact) mass is 433 g/mol. The predicted molar refractivity (Wildman–Crippen MR) is 97.8 cm³/mol. The number of rotatable bonds is 5. The summed E-state index contributed by atoms with van der Waals surface area (Å²) >= 11 is 0.346. The number of nitrogens with zero attached hydrogens (tertiary/aromatic N) is 1. The molecule has 1 aromatic heterocycles. The number of nitrogens with one attached hydrogen (secondary N) is 2. The van der Waals surface area contributed by atoms with Gasteiger partial charge in [-0.3, -0.25) is 10.1 Å². The van der Waals surface area contributed by atoms with E-state index in [-0.39, 0.29) is 5.69 Å². The summed E-state index contributed by atoms with van der Waals surface area (Å²) in [6, 6.07) is 5.37. The molecule has 3 amide bonds. The van der Waals surface area contributed by atoms with E-state index in [1.807, 2.05) is 5.32 Å². The van der Waals surface area contributed by atoms with Crippen molar-refractivity contribution in [3.8, 4) is 5.75 Å². The molecule has 0 aliphatic carbocycles. The molecule has 0 bridgehead atoms. The second-order valence-electron chi connectivity index (χ2n) is 5.30. The highest BCUT2D eigenvalue weighted by molar-refractivity contribution is 7.93. The maximum absolute atomic E-state index is 12.4. The Balaban J connectivity index is 2.35. The zero-order valence-electron chi connectivity index (χ0n) is 14.3. The fourth-order valence-electron chi connectivity index (χ4n) is 2.02. The molecule has 0 fully saturated rings. The average Bonchev–Trinajstić information content (AvgIpc) is 3.01. The quantitative estimate of drug-likeness (QED) is 0.707. The molecular formula is C14H15N3O7S3. The van der Waals surface area contributed by atoms with Gasteiger partial charge in [0.15, 0.2) is 28.9 Å². The van der Waals surface area contributed by atoms with E-state index >= 15 is 0 Å². The van der Waals surface area contributed by atoms with Crippen molar-refractivity contribution < 1.29 is 31.2 Å². The van der Waals surface area contributed by atoms with Crippen molar-refractivity contribution in [1.82, 2.24) is 9.69 Å². The fraction of sp³-hybridized carbons (Fsp3) is 0.214. The van der Waals surface area contributed by atoms with Crippen LogP contribution < -0.4 is 15.4 Å². The van der Waals surface area contributed by atoms with Crippen LogP contribution in [0.4, 0.5) is 10.5 Å². The molecule has 0 spiro atoms. The largest absolute Gasteiger partial charge is 0.495 e. The first-order valence-corrected chi connectivity index (χ1v) is 11.7. The summed E-state index contributed by atoms with van der Waals surface area (Å²) in [6.07, 6.45) is 1.58. The number of sulfone groups is 2. The molecule has 13 heteroatoms. The molecule has 0 aliphatic heterocycles. The first-order valence-electron chi connectivity index (χ1n) is 7.10. The third-order valence-corrected chi connectivity index (χ3v) is 6.89. The number of benzene rings is 1. The van der Waals surface area contributed by atoms with E-state index in [1.165, 1.54) is 13.2 Å². The molecule has 1 aromatic carbocycles. The van der Waals surface area contributed by atoms with Crippen molar-refractivity contribution in [3.05, 3.63) is 29.8 Å². The molecule has 0 saturated heterocycles. The van der Waals surface area contributed by atoms with Crippen LogP contribution in [-0.2, 0) is 19.7 Å². The van der Waals surface area contributed by atoms with Crippen LogP contribution in [0.15, 0.2) is 33.5 Å². The Morgan fingerprint density at radius 3 is 2.26 bits per heavy atom. The molecule has 10 nitrogen and oxygen atoms in total. The molecule has 0 unspecified atom stereocenters. The number of para-hydroxylation sites is 2. The topological polar surface area (TPSA) is 149 Å². The minimum atomic E-state index is -4.00. The first-order chi connectivity index (χ1) is 12.4. The van der Waals surface area contributed by atoms with Crippen LogP contribution in [0.1, 0.15) is 10.4 Å². The number of ether oxygens (including phenoxy) is 1. The van der Waals surface area contributed by atoms with Gasteiger partial charge in [0.05, 0.1) is 12.8 Å². The molecule has 27 heavy (non-hydrogen) atoms. The molecule has 1 heterocycles. The van der Waals surface area contributed by atoms with Crippen LogP contribution >= 0.6 is 11.5 Å². The molecule has 0 radical (unpaired) electrons. The van der Waals surface area contributed by atoms with Crippen molar-refractivity contribution in [2.24, 2.45) is 0 Å². The molecule has 0 aliphatic rings. The lowest BCUT2D eigenvalue weighted by Gasteiger charge is -2.10. The zero-order chi connectivity index (χ0) is 20.4. The van der Waals surface area contributed by atoms with Crippen LogP contribution in [0.25, 0.3) is 0 Å². The van der Waals surface area contributed by atoms with Crippen LogP contribution in [0.5, 0.6) is 5.75 Å². The van der Waals surface area contributed by atoms with Gasteiger partial charge in [0.2, 0.25) is 0 Å². The molecule has 0 atom stereocenters. The number of hydrogen-bond donors (Lipinski definition) is 2. The Labute approximate surface area is 159 Å². The van der Waals surface area contributed by atoms with Gasteiger partial charge in [-0.1, -0.05) is 12.1 Å². The lowest BCUT2D eigenvalue weighted by Crippen LogP contribution is -2.35. The summed E-state index contributed by atoms with van der Waals surface area (Å²) < 4.78 is 55.4. The van der Waals surface area contributed by atoms with Gasteiger partial charge in [-0.15, -0.1) is 0 Å². The maximum Gasteiger partial charge on any atom is 0.326 e. The number of carbonyl (C=O) groups is 2. The predicted octanol–water partition coefficient (Wildman–Crippen LogP) is 0.921. The van der Waals surface area contributed by atoms with Gasteiger partial charge < -0.3 is 10.1 Å². The van der Waals surface area contributed by atoms with Crippen LogP contribution in [-0.4, -0.2) is 52.8 Å². The van der Waals surface area contributed by atoms with Gasteiger partial charge in [0, 0.05) is 12.5 Å². The minimum absolute atomic E-state index is 0.250. The lowest BCUT2D eigenvalue weighted by atomic mass is 10.3. The molecular weight excluding hydrogens is 418 g/mol. The number of amides is 3. The highest BCUT2D eigenvalue weighted by Crippen LogP contribution is 2.27. The summed E-state index contributed by atoms with van der Waals surface area (Å²) in [4.78, 5) is 24.5. The van der Waals surface area contributed by atoms with E-state index in [0.29, 0.717) is 17.3 Å². The molecule has 2 aromatic rings. The SMILES string of the molecule is COc1ccccc1NC(=O)NC(=O)c1c(S(C)(=O)=O)nsc1S(C)(=O)=O. The highest BCUT2D eigenvalue weighted by Gasteiger charge is 2.32. The Kier molecular flexibility index (Phi) is 5.87. The van der Waals surface area contributed by atoms with Crippen LogP contribution in [0.2, 0.25) is 0 Å². The van der Waals surface area contributed by atoms with Gasteiger partial charge in [-0.05, 0) is 23.7 Å². The molecule has 2 rings (SSSR count). The van der Waals surface area contributed by atoms with Crippen molar-refractivity contribution in [2.75, 3.05) is 24.9 Å². The standard InChI is InChI=1S/C14H15N3O7S3/c1-24-9-7-5-4-6-8(9)15-14(19)16-11(18)10-12(26(2,20)21)17-25-13(10)27(3,22)23/h4-7H,1-3H3,(H2,15,16,18,19). The Morgan fingerprint density at radius 1 is 1.07 bits per heavy atom. The highest BCUT2D eigenvalue weighted by atomic mass is 32.2. The van der Waals surface area contributed by atoms with E-state index in [4.69, 9.17) is 4.74 Å². The number of anilines is 1. The van der Waals surface area contributed by atoms with Crippen molar-refractivity contribution in [2.45, 2.75) is 9.24 Å². The summed E-state index contributed by atoms with van der Waals surface area (Å²) in [6.45, 7) is 0. The molecule has 2 N–H and O–H groups in total. The third kappa shape index (κ3) is 4.81. The minimum Gasteiger partial charge on any atom is -0.495 e. The average molecular weight is 433 g/mol. The smallest absolute Gasteiger partial charge is 0.326 e. The normalized spacial score (nSPS) is 11.7. The van der Waals surface area contributed by atoms with Gasteiger partial charge >= 0.3 is 6.03 Å². The Morgan fingerprint density at radius 2 is 1.70 bits per heavy atom. The van der Waals surface area contributed by atoms with Gasteiger partial charge in [-0.25, -0.2) is 21.6 Å². The number of carbonyl (C=O) groups excluding carboxylic acids is 2. The van der Waals surface area contributed by atoms with E-state index < -0.39 is 46.4 Å². The lowest BCUT2D eigenvalue weighted by molar-refractivity contribution is 0.0961. The number of methoxy groups -OCH3 is 1. The Bertz CT molecular complexity index is 1060. The Hall–Kier alpha value is -2.51. The van der Waals surface area contributed by atoms with E-state index in [1.54, 1.807) is 18.2 Å².